The smallest absolute Gasteiger partial charge is 0.322 e. The third-order valence-electron chi connectivity index (χ3n) is 3.09. The number of ether oxygens (including phenoxy) is 1. The number of carbonyl (C=O) groups is 1. The lowest BCUT2D eigenvalue weighted by molar-refractivity contribution is -0.120. The molecule has 2 heterocycles. The van der Waals surface area contributed by atoms with Crippen LogP contribution in [0.5, 0.6) is 0 Å². The van der Waals surface area contributed by atoms with Gasteiger partial charge in [0.1, 0.15) is 0 Å². The predicted octanol–water partition coefficient (Wildman–Crippen LogP) is -0.175. The molecular formula is C12H20N4O4. The molecule has 0 spiro atoms. The van der Waals surface area contributed by atoms with Crippen LogP contribution in [-0.2, 0) is 9.53 Å². The summed E-state index contributed by atoms with van der Waals surface area (Å²) in [5.41, 5.74) is 0. The van der Waals surface area contributed by atoms with Gasteiger partial charge in [0.15, 0.2) is 0 Å². The molecule has 20 heavy (non-hydrogen) atoms. The molecule has 1 aliphatic heterocycles. The molecule has 2 N–H and O–H groups in total. The number of aliphatic hydroxyl groups is 1. The molecule has 1 saturated heterocycles. The molecule has 1 aliphatic rings. The number of hydrogen-bond acceptors (Lipinski definition) is 7. The molecule has 1 aromatic rings. The molecule has 0 bridgehead atoms. The van der Waals surface area contributed by atoms with E-state index in [1.807, 2.05) is 18.7 Å². The quantitative estimate of drug-likeness (QED) is 0.773. The molecule has 112 valence electrons. The van der Waals surface area contributed by atoms with E-state index in [-0.39, 0.29) is 37.0 Å². The maximum atomic E-state index is 11.9. The number of rotatable bonds is 5. The first-order chi connectivity index (χ1) is 9.60. The van der Waals surface area contributed by atoms with Crippen LogP contribution in [0.1, 0.15) is 25.7 Å². The maximum Gasteiger partial charge on any atom is 0.322 e. The average Bonchev–Trinajstić information content (AvgIpc) is 2.88. The highest BCUT2D eigenvalue weighted by Gasteiger charge is 2.24. The number of nitrogens with one attached hydrogen (secondary N) is 1. The third-order valence-corrected chi connectivity index (χ3v) is 3.09. The number of aliphatic hydroxyl groups excluding tert-OH is 1. The van der Waals surface area contributed by atoms with Gasteiger partial charge in [0.25, 0.3) is 0 Å². The van der Waals surface area contributed by atoms with E-state index in [2.05, 4.69) is 15.5 Å². The Morgan fingerprint density at radius 1 is 1.55 bits per heavy atom. The Morgan fingerprint density at radius 3 is 3.00 bits per heavy atom. The Kier molecular flexibility index (Phi) is 5.05. The van der Waals surface area contributed by atoms with E-state index in [0.29, 0.717) is 25.6 Å². The van der Waals surface area contributed by atoms with Gasteiger partial charge in [0.2, 0.25) is 11.8 Å². The molecule has 0 aliphatic carbocycles. The second kappa shape index (κ2) is 6.78. The lowest BCUT2D eigenvalue weighted by Crippen LogP contribution is -2.50. The number of carbonyl (C=O) groups excluding carboxylic acids is 1. The Hall–Kier alpha value is -1.51. The molecule has 0 saturated carbocycles. The zero-order valence-electron chi connectivity index (χ0n) is 11.7. The SMILES string of the molecule is CC(C)c1nnc(NC(=O)CN2CCOCC2CO)o1. The van der Waals surface area contributed by atoms with Gasteiger partial charge in [-0.2, -0.15) is 0 Å². The molecule has 0 aromatic carbocycles. The highest BCUT2D eigenvalue weighted by atomic mass is 16.5. The van der Waals surface area contributed by atoms with Crippen molar-refractivity contribution in [2.45, 2.75) is 25.8 Å². The van der Waals surface area contributed by atoms with Crippen LogP contribution in [0.4, 0.5) is 6.01 Å². The van der Waals surface area contributed by atoms with E-state index in [9.17, 15) is 9.90 Å². The van der Waals surface area contributed by atoms with Gasteiger partial charge in [-0.05, 0) is 0 Å². The van der Waals surface area contributed by atoms with Gasteiger partial charge < -0.3 is 14.3 Å². The molecule has 8 nitrogen and oxygen atoms in total. The molecule has 1 amide bonds. The minimum Gasteiger partial charge on any atom is -0.408 e. The van der Waals surface area contributed by atoms with Crippen LogP contribution in [0.2, 0.25) is 0 Å². The number of nitrogens with zero attached hydrogens (tertiary/aromatic N) is 3. The normalized spacial score (nSPS) is 20.3. The topological polar surface area (TPSA) is 101 Å². The Bertz CT molecular complexity index is 448. The van der Waals surface area contributed by atoms with Crippen LogP contribution < -0.4 is 5.32 Å². The highest BCUT2D eigenvalue weighted by Crippen LogP contribution is 2.15. The van der Waals surface area contributed by atoms with Crippen molar-refractivity contribution in [2.75, 3.05) is 38.2 Å². The maximum absolute atomic E-state index is 11.9. The Balaban J connectivity index is 1.87. The van der Waals surface area contributed by atoms with E-state index >= 15 is 0 Å². The van der Waals surface area contributed by atoms with Crippen LogP contribution in [0.15, 0.2) is 4.42 Å². The summed E-state index contributed by atoms with van der Waals surface area (Å²) in [4.78, 5) is 13.8. The van der Waals surface area contributed by atoms with Gasteiger partial charge >= 0.3 is 6.01 Å². The van der Waals surface area contributed by atoms with Gasteiger partial charge in [-0.25, -0.2) is 0 Å². The standard InChI is InChI=1S/C12H20N4O4/c1-8(2)11-14-15-12(20-11)13-10(18)5-16-3-4-19-7-9(16)6-17/h8-9,17H,3-7H2,1-2H3,(H,13,15,18). The predicted molar refractivity (Wildman–Crippen MR) is 70.3 cm³/mol. The first kappa shape index (κ1) is 14.9. The van der Waals surface area contributed by atoms with Gasteiger partial charge in [0.05, 0.1) is 32.4 Å². The van der Waals surface area contributed by atoms with E-state index in [1.54, 1.807) is 0 Å². The minimum absolute atomic E-state index is 0.0364. The number of amides is 1. The molecule has 2 rings (SSSR count). The van der Waals surface area contributed by atoms with E-state index < -0.39 is 0 Å². The molecule has 8 heteroatoms. The summed E-state index contributed by atoms with van der Waals surface area (Å²) < 4.78 is 10.6. The Morgan fingerprint density at radius 2 is 2.35 bits per heavy atom. The molecule has 1 unspecified atom stereocenters. The van der Waals surface area contributed by atoms with Crippen LogP contribution in [-0.4, -0.2) is 65.1 Å². The fourth-order valence-electron chi connectivity index (χ4n) is 1.93. The van der Waals surface area contributed by atoms with Gasteiger partial charge in [-0.1, -0.05) is 18.9 Å². The summed E-state index contributed by atoms with van der Waals surface area (Å²) >= 11 is 0. The average molecular weight is 284 g/mol. The lowest BCUT2D eigenvalue weighted by Gasteiger charge is -2.33. The molecule has 0 radical (unpaired) electrons. The van der Waals surface area contributed by atoms with E-state index in [4.69, 9.17) is 9.15 Å². The molecule has 1 aromatic heterocycles. The van der Waals surface area contributed by atoms with E-state index in [1.165, 1.54) is 0 Å². The van der Waals surface area contributed by atoms with Crippen molar-refractivity contribution in [1.82, 2.24) is 15.1 Å². The van der Waals surface area contributed by atoms with Crippen LogP contribution in [0.25, 0.3) is 0 Å². The fourth-order valence-corrected chi connectivity index (χ4v) is 1.93. The first-order valence-corrected chi connectivity index (χ1v) is 6.66. The summed E-state index contributed by atoms with van der Waals surface area (Å²) in [7, 11) is 0. The van der Waals surface area contributed by atoms with Crippen LogP contribution in [0, 0.1) is 0 Å². The van der Waals surface area contributed by atoms with Crippen molar-refractivity contribution in [2.24, 2.45) is 0 Å². The van der Waals surface area contributed by atoms with Gasteiger partial charge in [0, 0.05) is 12.5 Å². The van der Waals surface area contributed by atoms with Crippen molar-refractivity contribution in [1.29, 1.82) is 0 Å². The van der Waals surface area contributed by atoms with Crippen molar-refractivity contribution in [3.63, 3.8) is 0 Å². The number of morpholine rings is 1. The number of anilines is 1. The number of aromatic nitrogens is 2. The fraction of sp³-hybridized carbons (Fsp3) is 0.750. The van der Waals surface area contributed by atoms with Gasteiger partial charge in [-0.3, -0.25) is 15.0 Å². The van der Waals surface area contributed by atoms with Crippen molar-refractivity contribution in [3.8, 4) is 0 Å². The van der Waals surface area contributed by atoms with Crippen LogP contribution >= 0.6 is 0 Å². The molecule has 1 atom stereocenters. The van der Waals surface area contributed by atoms with Gasteiger partial charge in [-0.15, -0.1) is 5.10 Å². The van der Waals surface area contributed by atoms with E-state index in [0.717, 1.165) is 0 Å². The summed E-state index contributed by atoms with van der Waals surface area (Å²) in [6.45, 7) is 5.58. The summed E-state index contributed by atoms with van der Waals surface area (Å²) in [5.74, 6) is 0.357. The lowest BCUT2D eigenvalue weighted by atomic mass is 10.2. The van der Waals surface area contributed by atoms with Crippen LogP contribution in [0.3, 0.4) is 0 Å². The number of hydrogen-bond donors (Lipinski definition) is 2. The largest absolute Gasteiger partial charge is 0.408 e. The highest BCUT2D eigenvalue weighted by molar-refractivity contribution is 5.90. The summed E-state index contributed by atoms with van der Waals surface area (Å²) in [6.07, 6.45) is 0. The molecular weight excluding hydrogens is 264 g/mol. The molecule has 1 fully saturated rings. The zero-order valence-corrected chi connectivity index (χ0v) is 11.7. The Labute approximate surface area is 117 Å². The third kappa shape index (κ3) is 3.75. The minimum atomic E-state index is -0.246. The van der Waals surface area contributed by atoms with Crippen molar-refractivity contribution >= 4 is 11.9 Å². The second-order valence-corrected chi connectivity index (χ2v) is 5.03. The second-order valence-electron chi connectivity index (χ2n) is 5.03. The van der Waals surface area contributed by atoms with Crippen molar-refractivity contribution < 1.29 is 19.1 Å². The monoisotopic (exact) mass is 284 g/mol. The zero-order chi connectivity index (χ0) is 14.5. The first-order valence-electron chi connectivity index (χ1n) is 6.66. The van der Waals surface area contributed by atoms with Crippen molar-refractivity contribution in [3.05, 3.63) is 5.89 Å². The summed E-state index contributed by atoms with van der Waals surface area (Å²) in [5, 5.41) is 19.4. The summed E-state index contributed by atoms with van der Waals surface area (Å²) in [6, 6.07) is -0.0454.